The topological polar surface area (TPSA) is 38.8 Å². The van der Waals surface area contributed by atoms with Gasteiger partial charge >= 0.3 is 0 Å². The van der Waals surface area contributed by atoms with E-state index in [1.165, 1.54) is 0 Å². The molecule has 0 aliphatic carbocycles. The van der Waals surface area contributed by atoms with Gasteiger partial charge < -0.3 is 14.4 Å². The van der Waals surface area contributed by atoms with Gasteiger partial charge in [0, 0.05) is 6.54 Å². The Bertz CT molecular complexity index is 332. The Morgan fingerprint density at radius 1 is 1.47 bits per heavy atom. The fraction of sp³-hybridized carbons (Fsp3) is 0.909. The number of hydrogen-bond donors (Lipinski definition) is 0. The Kier molecular flexibility index (Phi) is 1.45. The second-order valence-corrected chi connectivity index (χ2v) is 5.13. The van der Waals surface area contributed by atoms with Gasteiger partial charge in [0.2, 0.25) is 5.91 Å². The van der Waals surface area contributed by atoms with E-state index in [0.29, 0.717) is 6.10 Å². The third-order valence-corrected chi connectivity index (χ3v) is 4.43. The number of carbonyl (C=O) groups excluding carboxylic acids is 1. The SMILES string of the molecule is O=C1[C@H]2CC3CCC2(O3)[C@@H]2OCCCN12. The summed E-state index contributed by atoms with van der Waals surface area (Å²) in [6.07, 6.45) is 4.26. The van der Waals surface area contributed by atoms with Crippen molar-refractivity contribution < 1.29 is 14.3 Å². The summed E-state index contributed by atoms with van der Waals surface area (Å²) in [5.74, 6) is 0.376. The summed E-state index contributed by atoms with van der Waals surface area (Å²) in [5, 5.41) is 0. The fourth-order valence-electron chi connectivity index (χ4n) is 3.83. The van der Waals surface area contributed by atoms with Crippen LogP contribution in [0.15, 0.2) is 0 Å². The van der Waals surface area contributed by atoms with Crippen molar-refractivity contribution in [1.29, 1.82) is 0 Å². The van der Waals surface area contributed by atoms with Crippen LogP contribution in [0.3, 0.4) is 0 Å². The molecule has 0 N–H and O–H groups in total. The first-order valence-electron chi connectivity index (χ1n) is 5.91. The largest absolute Gasteiger partial charge is 0.366 e. The molecule has 4 rings (SSSR count). The predicted molar refractivity (Wildman–Crippen MR) is 51.0 cm³/mol. The molecule has 0 radical (unpaired) electrons. The summed E-state index contributed by atoms with van der Waals surface area (Å²) in [5.41, 5.74) is -0.262. The number of nitrogens with zero attached hydrogens (tertiary/aromatic N) is 1. The lowest BCUT2D eigenvalue weighted by Crippen LogP contribution is -2.50. The minimum absolute atomic E-state index is 0.0729. The molecule has 0 aromatic heterocycles. The van der Waals surface area contributed by atoms with Crippen molar-refractivity contribution in [2.45, 2.75) is 43.6 Å². The monoisotopic (exact) mass is 209 g/mol. The van der Waals surface area contributed by atoms with Gasteiger partial charge in [0.05, 0.1) is 18.6 Å². The van der Waals surface area contributed by atoms with Gasteiger partial charge in [-0.05, 0) is 25.7 Å². The summed E-state index contributed by atoms with van der Waals surface area (Å²) >= 11 is 0. The lowest BCUT2D eigenvalue weighted by atomic mass is 9.80. The first-order chi connectivity index (χ1) is 7.31. The van der Waals surface area contributed by atoms with Gasteiger partial charge in [-0.2, -0.15) is 0 Å². The summed E-state index contributed by atoms with van der Waals surface area (Å²) < 4.78 is 11.8. The van der Waals surface area contributed by atoms with Crippen LogP contribution in [0, 0.1) is 5.92 Å². The van der Waals surface area contributed by atoms with Gasteiger partial charge in [-0.15, -0.1) is 0 Å². The van der Waals surface area contributed by atoms with E-state index >= 15 is 0 Å². The Hall–Kier alpha value is -0.610. The molecule has 4 fully saturated rings. The standard InChI is InChI=1S/C11H15NO3/c13-9-8-6-7-2-3-11(8,15-7)10-12(9)4-1-5-14-10/h7-8,10H,1-6H2/t7?,8-,10+,11?/m1/s1. The minimum Gasteiger partial charge on any atom is -0.366 e. The van der Waals surface area contributed by atoms with Gasteiger partial charge in [0.15, 0.2) is 6.23 Å². The maximum Gasteiger partial charge on any atom is 0.231 e. The van der Waals surface area contributed by atoms with Crippen molar-refractivity contribution in [3.63, 3.8) is 0 Å². The maximum absolute atomic E-state index is 12.2. The highest BCUT2D eigenvalue weighted by Gasteiger charge is 2.68. The van der Waals surface area contributed by atoms with E-state index in [0.717, 1.165) is 38.8 Å². The molecule has 0 saturated carbocycles. The van der Waals surface area contributed by atoms with Gasteiger partial charge in [-0.3, -0.25) is 4.79 Å². The molecule has 0 aromatic rings. The van der Waals surface area contributed by atoms with E-state index in [1.54, 1.807) is 0 Å². The number of fused-ring (bicyclic) bond motifs is 2. The minimum atomic E-state index is -0.262. The zero-order valence-corrected chi connectivity index (χ0v) is 8.65. The van der Waals surface area contributed by atoms with E-state index in [1.807, 2.05) is 4.90 Å². The number of amides is 1. The number of hydrogen-bond acceptors (Lipinski definition) is 3. The molecule has 82 valence electrons. The van der Waals surface area contributed by atoms with Crippen molar-refractivity contribution in [2.75, 3.05) is 13.2 Å². The molecule has 15 heavy (non-hydrogen) atoms. The highest BCUT2D eigenvalue weighted by Crippen LogP contribution is 2.56. The Balaban J connectivity index is 1.78. The van der Waals surface area contributed by atoms with E-state index in [9.17, 15) is 4.79 Å². The lowest BCUT2D eigenvalue weighted by Gasteiger charge is -2.36. The molecule has 4 aliphatic rings. The zero-order chi connectivity index (χ0) is 10.0. The molecule has 1 spiro atoms. The smallest absolute Gasteiger partial charge is 0.231 e. The molecule has 4 nitrogen and oxygen atoms in total. The predicted octanol–water partition coefficient (Wildman–Crippen LogP) is 0.513. The van der Waals surface area contributed by atoms with Crippen molar-refractivity contribution in [3.05, 3.63) is 0 Å². The molecule has 2 unspecified atom stereocenters. The van der Waals surface area contributed by atoms with E-state index in [2.05, 4.69) is 0 Å². The summed E-state index contributed by atoms with van der Waals surface area (Å²) in [6.45, 7) is 1.63. The third kappa shape index (κ3) is 0.843. The fourth-order valence-corrected chi connectivity index (χ4v) is 3.83. The van der Waals surface area contributed by atoms with Gasteiger partial charge in [-0.1, -0.05) is 0 Å². The molecular formula is C11H15NO3. The van der Waals surface area contributed by atoms with Crippen LogP contribution in [0.25, 0.3) is 0 Å². The Labute approximate surface area is 88.5 Å². The third-order valence-electron chi connectivity index (χ3n) is 4.43. The first-order valence-corrected chi connectivity index (χ1v) is 5.91. The van der Waals surface area contributed by atoms with Gasteiger partial charge in [0.1, 0.15) is 5.60 Å². The molecule has 4 heterocycles. The highest BCUT2D eigenvalue weighted by molar-refractivity contribution is 5.84. The molecule has 4 heteroatoms. The Morgan fingerprint density at radius 2 is 2.40 bits per heavy atom. The van der Waals surface area contributed by atoms with E-state index in [-0.39, 0.29) is 23.7 Å². The van der Waals surface area contributed by atoms with Crippen LogP contribution >= 0.6 is 0 Å². The second kappa shape index (κ2) is 2.55. The average molecular weight is 209 g/mol. The van der Waals surface area contributed by atoms with Crippen molar-refractivity contribution in [2.24, 2.45) is 5.92 Å². The summed E-state index contributed by atoms with van der Waals surface area (Å²) in [6, 6.07) is 0. The summed E-state index contributed by atoms with van der Waals surface area (Å²) in [7, 11) is 0. The van der Waals surface area contributed by atoms with Crippen LogP contribution in [0.2, 0.25) is 0 Å². The normalized spacial score (nSPS) is 52.1. The number of rotatable bonds is 0. The van der Waals surface area contributed by atoms with Crippen LogP contribution in [0.5, 0.6) is 0 Å². The van der Waals surface area contributed by atoms with Crippen LogP contribution < -0.4 is 0 Å². The molecule has 2 bridgehead atoms. The van der Waals surface area contributed by atoms with E-state index < -0.39 is 0 Å². The van der Waals surface area contributed by atoms with Crippen molar-refractivity contribution in [3.8, 4) is 0 Å². The molecule has 0 aromatic carbocycles. The summed E-state index contributed by atoms with van der Waals surface area (Å²) in [4.78, 5) is 14.1. The quantitative estimate of drug-likeness (QED) is 0.583. The van der Waals surface area contributed by atoms with Gasteiger partial charge in [-0.25, -0.2) is 0 Å². The van der Waals surface area contributed by atoms with Crippen LogP contribution in [-0.2, 0) is 14.3 Å². The molecule has 1 amide bonds. The zero-order valence-electron chi connectivity index (χ0n) is 8.65. The number of carbonyl (C=O) groups is 1. The van der Waals surface area contributed by atoms with Crippen LogP contribution in [0.1, 0.15) is 25.7 Å². The van der Waals surface area contributed by atoms with E-state index in [4.69, 9.17) is 9.47 Å². The van der Waals surface area contributed by atoms with Crippen molar-refractivity contribution >= 4 is 5.91 Å². The average Bonchev–Trinajstić information content (AvgIpc) is 2.91. The molecule has 4 saturated heterocycles. The Morgan fingerprint density at radius 3 is 3.27 bits per heavy atom. The first kappa shape index (κ1) is 8.53. The van der Waals surface area contributed by atoms with Gasteiger partial charge in [0.25, 0.3) is 0 Å². The molecular weight excluding hydrogens is 194 g/mol. The van der Waals surface area contributed by atoms with Crippen molar-refractivity contribution in [1.82, 2.24) is 4.90 Å². The van der Waals surface area contributed by atoms with Crippen LogP contribution in [-0.4, -0.2) is 41.9 Å². The molecule has 4 aliphatic heterocycles. The second-order valence-electron chi connectivity index (χ2n) is 5.13. The van der Waals surface area contributed by atoms with Crippen LogP contribution in [0.4, 0.5) is 0 Å². The maximum atomic E-state index is 12.2. The number of ether oxygens (including phenoxy) is 2. The molecule has 4 atom stereocenters. The lowest BCUT2D eigenvalue weighted by molar-refractivity contribution is -0.173. The highest BCUT2D eigenvalue weighted by atomic mass is 16.6.